The van der Waals surface area contributed by atoms with Gasteiger partial charge in [0.25, 0.3) is 5.91 Å². The lowest BCUT2D eigenvalue weighted by atomic mass is 10.1. The monoisotopic (exact) mass is 312 g/mol. The Morgan fingerprint density at radius 3 is 2.74 bits per heavy atom. The fourth-order valence-corrected chi connectivity index (χ4v) is 3.54. The molecule has 2 aromatic rings. The molecule has 3 heterocycles. The van der Waals surface area contributed by atoms with Crippen molar-refractivity contribution in [3.63, 3.8) is 0 Å². The highest BCUT2D eigenvalue weighted by atomic mass is 16.2. The molecule has 0 aromatic carbocycles. The molecule has 0 unspecified atom stereocenters. The number of carbonyl (C=O) groups excluding carboxylic acids is 1. The van der Waals surface area contributed by atoms with Gasteiger partial charge in [0.15, 0.2) is 5.82 Å². The predicted molar refractivity (Wildman–Crippen MR) is 85.4 cm³/mol. The second kappa shape index (κ2) is 5.64. The van der Waals surface area contributed by atoms with Gasteiger partial charge in [0, 0.05) is 45.0 Å². The number of aryl methyl sites for hydroxylation is 2. The van der Waals surface area contributed by atoms with Crippen molar-refractivity contribution in [3.8, 4) is 0 Å². The Kier molecular flexibility index (Phi) is 3.48. The number of nitrogens with zero attached hydrogens (tertiary/aromatic N) is 6. The van der Waals surface area contributed by atoms with Crippen molar-refractivity contribution in [3.05, 3.63) is 35.3 Å². The summed E-state index contributed by atoms with van der Waals surface area (Å²) in [5, 5.41) is 12.6. The first-order valence-electron chi connectivity index (χ1n) is 8.10. The first kappa shape index (κ1) is 14.2. The average molecular weight is 312 g/mol. The Morgan fingerprint density at radius 2 is 2.00 bits per heavy atom. The van der Waals surface area contributed by atoms with Crippen LogP contribution in [-0.2, 0) is 19.9 Å². The van der Waals surface area contributed by atoms with E-state index in [1.807, 2.05) is 24.1 Å². The number of piperazine rings is 1. The molecule has 0 spiro atoms. The summed E-state index contributed by atoms with van der Waals surface area (Å²) >= 11 is 0. The molecular formula is C16H20N6O. The molecule has 0 radical (unpaired) electrons. The van der Waals surface area contributed by atoms with Crippen molar-refractivity contribution in [2.75, 3.05) is 31.1 Å². The van der Waals surface area contributed by atoms with E-state index in [2.05, 4.69) is 20.2 Å². The maximum Gasteiger partial charge on any atom is 0.272 e. The number of anilines is 1. The molecule has 1 saturated heterocycles. The third kappa shape index (κ3) is 2.46. The third-order valence-corrected chi connectivity index (χ3v) is 4.72. The van der Waals surface area contributed by atoms with Crippen LogP contribution in [0.5, 0.6) is 0 Å². The van der Waals surface area contributed by atoms with Gasteiger partial charge in [-0.2, -0.15) is 10.2 Å². The zero-order valence-corrected chi connectivity index (χ0v) is 13.3. The Morgan fingerprint density at radius 1 is 1.17 bits per heavy atom. The van der Waals surface area contributed by atoms with Gasteiger partial charge in [-0.25, -0.2) is 0 Å². The van der Waals surface area contributed by atoms with E-state index in [0.29, 0.717) is 13.1 Å². The number of rotatable bonds is 2. The fourth-order valence-electron chi connectivity index (χ4n) is 3.54. The van der Waals surface area contributed by atoms with E-state index in [1.54, 1.807) is 10.9 Å². The van der Waals surface area contributed by atoms with Crippen molar-refractivity contribution in [1.82, 2.24) is 24.9 Å². The smallest absolute Gasteiger partial charge is 0.272 e. The first-order chi connectivity index (χ1) is 11.2. The van der Waals surface area contributed by atoms with Crippen LogP contribution >= 0.6 is 0 Å². The topological polar surface area (TPSA) is 67.2 Å². The van der Waals surface area contributed by atoms with Gasteiger partial charge in [-0.3, -0.25) is 9.48 Å². The molecule has 7 heteroatoms. The Bertz CT molecular complexity index is 718. The minimum atomic E-state index is 0.113. The van der Waals surface area contributed by atoms with E-state index in [4.69, 9.17) is 0 Å². The quantitative estimate of drug-likeness (QED) is 0.815. The molecule has 2 aromatic heterocycles. The van der Waals surface area contributed by atoms with Crippen molar-refractivity contribution in [2.45, 2.75) is 19.3 Å². The maximum atomic E-state index is 12.9. The Balaban J connectivity index is 1.48. The Hall–Kier alpha value is -2.44. The summed E-state index contributed by atoms with van der Waals surface area (Å²) in [4.78, 5) is 17.0. The van der Waals surface area contributed by atoms with Crippen LogP contribution in [0, 0.1) is 0 Å². The normalized spacial score (nSPS) is 17.4. The first-order valence-corrected chi connectivity index (χ1v) is 8.10. The number of hydrogen-bond donors (Lipinski definition) is 0. The van der Waals surface area contributed by atoms with Crippen LogP contribution in [-0.4, -0.2) is 57.0 Å². The highest BCUT2D eigenvalue weighted by Crippen LogP contribution is 2.25. The van der Waals surface area contributed by atoms with Crippen LogP contribution in [0.15, 0.2) is 18.3 Å². The molecule has 7 nitrogen and oxygen atoms in total. The van der Waals surface area contributed by atoms with Gasteiger partial charge in [0.1, 0.15) is 5.69 Å². The molecule has 23 heavy (non-hydrogen) atoms. The van der Waals surface area contributed by atoms with Crippen molar-refractivity contribution in [1.29, 1.82) is 0 Å². The van der Waals surface area contributed by atoms with Crippen LogP contribution in [0.2, 0.25) is 0 Å². The summed E-state index contributed by atoms with van der Waals surface area (Å²) in [5.41, 5.74) is 3.05. The summed E-state index contributed by atoms with van der Waals surface area (Å²) < 4.78 is 1.77. The highest BCUT2D eigenvalue weighted by molar-refractivity contribution is 5.94. The van der Waals surface area contributed by atoms with E-state index >= 15 is 0 Å². The molecule has 2 aliphatic rings. The lowest BCUT2D eigenvalue weighted by Gasteiger charge is -2.35. The van der Waals surface area contributed by atoms with Crippen LogP contribution in [0.3, 0.4) is 0 Å². The standard InChI is InChI=1S/C16H20N6O/c1-20-15(12-4-2-5-13(12)19-20)16(23)22-10-8-21(9-11-22)14-6-3-7-17-18-14/h3,6-7H,2,4-5,8-11H2,1H3. The maximum absolute atomic E-state index is 12.9. The molecule has 0 N–H and O–H groups in total. The summed E-state index contributed by atoms with van der Waals surface area (Å²) in [7, 11) is 1.88. The predicted octanol–water partition coefficient (Wildman–Crippen LogP) is 0.661. The fraction of sp³-hybridized carbons (Fsp3) is 0.500. The SMILES string of the molecule is Cn1nc2c(c1C(=O)N1CCN(c3cccnn3)CC1)CCC2. The van der Waals surface area contributed by atoms with E-state index in [0.717, 1.165) is 55.1 Å². The van der Waals surface area contributed by atoms with E-state index < -0.39 is 0 Å². The van der Waals surface area contributed by atoms with Gasteiger partial charge in [-0.05, 0) is 31.4 Å². The van der Waals surface area contributed by atoms with Crippen LogP contribution in [0.1, 0.15) is 28.2 Å². The minimum Gasteiger partial charge on any atom is -0.352 e. The van der Waals surface area contributed by atoms with Gasteiger partial charge in [0.2, 0.25) is 0 Å². The summed E-state index contributed by atoms with van der Waals surface area (Å²) in [5.74, 6) is 0.989. The van der Waals surface area contributed by atoms with Gasteiger partial charge < -0.3 is 9.80 Å². The zero-order chi connectivity index (χ0) is 15.8. The number of aromatic nitrogens is 4. The van der Waals surface area contributed by atoms with Crippen LogP contribution in [0.4, 0.5) is 5.82 Å². The molecule has 1 aliphatic carbocycles. The largest absolute Gasteiger partial charge is 0.352 e. The lowest BCUT2D eigenvalue weighted by molar-refractivity contribution is 0.0734. The van der Waals surface area contributed by atoms with Gasteiger partial charge >= 0.3 is 0 Å². The summed E-state index contributed by atoms with van der Waals surface area (Å²) in [6, 6.07) is 3.84. The molecule has 1 amide bonds. The van der Waals surface area contributed by atoms with Crippen molar-refractivity contribution >= 4 is 11.7 Å². The second-order valence-corrected chi connectivity index (χ2v) is 6.11. The van der Waals surface area contributed by atoms with Crippen LogP contribution in [0.25, 0.3) is 0 Å². The molecule has 120 valence electrons. The molecule has 0 atom stereocenters. The molecular weight excluding hydrogens is 292 g/mol. The average Bonchev–Trinajstić information content (AvgIpc) is 3.15. The second-order valence-electron chi connectivity index (χ2n) is 6.11. The number of carbonyl (C=O) groups is 1. The van der Waals surface area contributed by atoms with Gasteiger partial charge in [-0.15, -0.1) is 5.10 Å². The van der Waals surface area contributed by atoms with E-state index in [9.17, 15) is 4.79 Å². The molecule has 4 rings (SSSR count). The highest BCUT2D eigenvalue weighted by Gasteiger charge is 2.30. The Labute approximate surface area is 134 Å². The molecule has 1 fully saturated rings. The third-order valence-electron chi connectivity index (χ3n) is 4.72. The molecule has 0 bridgehead atoms. The van der Waals surface area contributed by atoms with Gasteiger partial charge in [-0.1, -0.05) is 0 Å². The molecule has 1 aliphatic heterocycles. The zero-order valence-electron chi connectivity index (χ0n) is 13.3. The minimum absolute atomic E-state index is 0.113. The summed E-state index contributed by atoms with van der Waals surface area (Å²) in [6.07, 6.45) is 4.76. The van der Waals surface area contributed by atoms with E-state index in [1.165, 1.54) is 0 Å². The summed E-state index contributed by atoms with van der Waals surface area (Å²) in [6.45, 7) is 2.97. The van der Waals surface area contributed by atoms with E-state index in [-0.39, 0.29) is 5.91 Å². The van der Waals surface area contributed by atoms with Gasteiger partial charge in [0.05, 0.1) is 5.69 Å². The molecule has 0 saturated carbocycles. The van der Waals surface area contributed by atoms with Crippen LogP contribution < -0.4 is 4.90 Å². The number of hydrogen-bond acceptors (Lipinski definition) is 5. The van der Waals surface area contributed by atoms with Crippen molar-refractivity contribution in [2.24, 2.45) is 7.05 Å². The number of amides is 1. The number of fused-ring (bicyclic) bond motifs is 1. The van der Waals surface area contributed by atoms with Crippen molar-refractivity contribution < 1.29 is 4.79 Å². The lowest BCUT2D eigenvalue weighted by Crippen LogP contribution is -2.49.